The average molecular weight is 465 g/mol. The summed E-state index contributed by atoms with van der Waals surface area (Å²) < 4.78 is 5.99. The van der Waals surface area contributed by atoms with Crippen molar-refractivity contribution in [3.8, 4) is 0 Å². The smallest absolute Gasteiger partial charge is 0.249 e. The van der Waals surface area contributed by atoms with Crippen LogP contribution in [0.4, 0.5) is 0 Å². The van der Waals surface area contributed by atoms with Crippen LogP contribution in [0.1, 0.15) is 43.0 Å². The van der Waals surface area contributed by atoms with Crippen LogP contribution in [0.2, 0.25) is 10.0 Å². The maximum Gasteiger partial charge on any atom is 0.249 e. The minimum atomic E-state index is -0.691. The van der Waals surface area contributed by atoms with Crippen molar-refractivity contribution in [3.05, 3.63) is 69.7 Å². The van der Waals surface area contributed by atoms with Gasteiger partial charge in [0.05, 0.1) is 12.6 Å². The molecule has 0 unspecified atom stereocenters. The van der Waals surface area contributed by atoms with Gasteiger partial charge in [-0.1, -0.05) is 60.8 Å². The van der Waals surface area contributed by atoms with Crippen LogP contribution in [0.5, 0.6) is 0 Å². The number of amides is 2. The number of aliphatic hydroxyl groups excluding tert-OH is 1. The van der Waals surface area contributed by atoms with E-state index >= 15 is 0 Å². The average Bonchev–Trinajstić information content (AvgIpc) is 2.77. The quantitative estimate of drug-likeness (QED) is 0.620. The largest absolute Gasteiger partial charge is 0.395 e. The molecule has 2 N–H and O–H groups in total. The highest BCUT2D eigenvalue weighted by molar-refractivity contribution is 6.30. The fourth-order valence-electron chi connectivity index (χ4n) is 3.89. The van der Waals surface area contributed by atoms with Gasteiger partial charge in [0.25, 0.3) is 0 Å². The molecule has 3 rings (SSSR count). The zero-order chi connectivity index (χ0) is 22.4. The molecule has 0 bridgehead atoms. The number of halogens is 2. The van der Waals surface area contributed by atoms with Crippen molar-refractivity contribution in [2.24, 2.45) is 0 Å². The van der Waals surface area contributed by atoms with Crippen molar-refractivity contribution in [1.29, 1.82) is 0 Å². The Morgan fingerprint density at radius 3 is 2.26 bits per heavy atom. The van der Waals surface area contributed by atoms with E-state index < -0.39 is 18.2 Å². The molecular weight excluding hydrogens is 439 g/mol. The third-order valence-electron chi connectivity index (χ3n) is 5.28. The van der Waals surface area contributed by atoms with E-state index in [1.54, 1.807) is 29.2 Å². The van der Waals surface area contributed by atoms with Crippen LogP contribution in [-0.2, 0) is 14.3 Å². The van der Waals surface area contributed by atoms with E-state index in [0.29, 0.717) is 22.9 Å². The van der Waals surface area contributed by atoms with Crippen molar-refractivity contribution in [2.45, 2.75) is 38.0 Å². The summed E-state index contributed by atoms with van der Waals surface area (Å²) in [5.41, 5.74) is 1.67. The third-order valence-corrected chi connectivity index (χ3v) is 5.79. The molecule has 166 valence electrons. The fourth-order valence-corrected chi connectivity index (χ4v) is 4.14. The number of hydrogen-bond donors (Lipinski definition) is 2. The standard InChI is InChI=1S/C23H26Cl2N2O4/c1-2-3-19(23(30)26-12-13-28)27-20(29)14-31-22(16-6-10-18(25)11-7-16)21(27)15-4-8-17(24)9-5-15/h4-11,19,21-22,28H,2-3,12-14H2,1H3,(H,26,30)/t19-,21+,22-/m0/s1. The molecule has 0 saturated carbocycles. The summed E-state index contributed by atoms with van der Waals surface area (Å²) in [4.78, 5) is 27.7. The van der Waals surface area contributed by atoms with Crippen molar-refractivity contribution in [1.82, 2.24) is 10.2 Å². The second-order valence-corrected chi connectivity index (χ2v) is 8.27. The topological polar surface area (TPSA) is 78.9 Å². The predicted molar refractivity (Wildman–Crippen MR) is 120 cm³/mol. The second-order valence-electron chi connectivity index (χ2n) is 7.40. The molecule has 1 saturated heterocycles. The first-order chi connectivity index (χ1) is 15.0. The van der Waals surface area contributed by atoms with Crippen molar-refractivity contribution < 1.29 is 19.4 Å². The molecule has 2 aromatic carbocycles. The van der Waals surface area contributed by atoms with Gasteiger partial charge in [0, 0.05) is 16.6 Å². The van der Waals surface area contributed by atoms with E-state index in [1.807, 2.05) is 31.2 Å². The number of benzene rings is 2. The lowest BCUT2D eigenvalue weighted by atomic mass is 9.90. The van der Waals surface area contributed by atoms with Gasteiger partial charge in [-0.3, -0.25) is 9.59 Å². The van der Waals surface area contributed by atoms with E-state index in [0.717, 1.165) is 11.1 Å². The van der Waals surface area contributed by atoms with E-state index in [-0.39, 0.29) is 31.6 Å². The lowest BCUT2D eigenvalue weighted by molar-refractivity contribution is -0.167. The van der Waals surface area contributed by atoms with Gasteiger partial charge >= 0.3 is 0 Å². The van der Waals surface area contributed by atoms with Crippen LogP contribution >= 0.6 is 23.2 Å². The first-order valence-electron chi connectivity index (χ1n) is 10.3. The van der Waals surface area contributed by atoms with Crippen molar-refractivity contribution >= 4 is 35.0 Å². The molecule has 2 aromatic rings. The van der Waals surface area contributed by atoms with Gasteiger partial charge in [-0.2, -0.15) is 0 Å². The Bertz CT molecular complexity index is 889. The Morgan fingerprint density at radius 2 is 1.71 bits per heavy atom. The molecular formula is C23H26Cl2N2O4. The number of ether oxygens (including phenoxy) is 1. The highest BCUT2D eigenvalue weighted by Crippen LogP contribution is 2.42. The molecule has 31 heavy (non-hydrogen) atoms. The molecule has 0 aliphatic carbocycles. The molecule has 1 aliphatic heterocycles. The zero-order valence-corrected chi connectivity index (χ0v) is 18.8. The number of hydrogen-bond acceptors (Lipinski definition) is 4. The normalized spacial score (nSPS) is 19.9. The van der Waals surface area contributed by atoms with E-state index in [4.69, 9.17) is 33.0 Å². The number of aliphatic hydroxyl groups is 1. The van der Waals surface area contributed by atoms with Crippen LogP contribution < -0.4 is 5.32 Å². The van der Waals surface area contributed by atoms with E-state index in [1.165, 1.54) is 0 Å². The summed E-state index contributed by atoms with van der Waals surface area (Å²) in [5, 5.41) is 13.0. The second kappa shape index (κ2) is 11.0. The molecule has 0 aromatic heterocycles. The molecule has 1 heterocycles. The predicted octanol–water partition coefficient (Wildman–Crippen LogP) is 3.91. The molecule has 8 heteroatoms. The highest BCUT2D eigenvalue weighted by atomic mass is 35.5. The molecule has 0 radical (unpaired) electrons. The van der Waals surface area contributed by atoms with Gasteiger partial charge < -0.3 is 20.1 Å². The van der Waals surface area contributed by atoms with Gasteiger partial charge in [0.2, 0.25) is 11.8 Å². The van der Waals surface area contributed by atoms with E-state index in [9.17, 15) is 9.59 Å². The van der Waals surface area contributed by atoms with Crippen LogP contribution in [0.15, 0.2) is 48.5 Å². The molecule has 2 amide bonds. The summed E-state index contributed by atoms with van der Waals surface area (Å²) in [6.07, 6.45) is 0.711. The van der Waals surface area contributed by atoms with Crippen LogP contribution in [0, 0.1) is 0 Å². The molecule has 1 aliphatic rings. The number of rotatable bonds is 8. The Morgan fingerprint density at radius 1 is 1.13 bits per heavy atom. The summed E-state index contributed by atoms with van der Waals surface area (Å²) in [5.74, 6) is -0.553. The molecule has 3 atom stereocenters. The first kappa shape index (κ1) is 23.5. The number of carbonyl (C=O) groups is 2. The zero-order valence-electron chi connectivity index (χ0n) is 17.3. The Kier molecular flexibility index (Phi) is 8.32. The van der Waals surface area contributed by atoms with Crippen LogP contribution in [0.25, 0.3) is 0 Å². The maximum atomic E-state index is 13.1. The van der Waals surface area contributed by atoms with Crippen molar-refractivity contribution in [3.63, 3.8) is 0 Å². The SMILES string of the molecule is CCC[C@@H](C(=O)NCCO)N1C(=O)CO[C@@H](c2ccc(Cl)cc2)[C@H]1c1ccc(Cl)cc1. The Balaban J connectivity index is 2.07. The van der Waals surface area contributed by atoms with Gasteiger partial charge in [0.1, 0.15) is 18.8 Å². The van der Waals surface area contributed by atoms with Crippen LogP contribution in [-0.4, -0.2) is 47.6 Å². The number of nitrogens with zero attached hydrogens (tertiary/aromatic N) is 1. The number of morpholine rings is 1. The maximum absolute atomic E-state index is 13.1. The highest BCUT2D eigenvalue weighted by Gasteiger charge is 2.43. The summed E-state index contributed by atoms with van der Waals surface area (Å²) >= 11 is 12.2. The summed E-state index contributed by atoms with van der Waals surface area (Å²) in [6, 6.07) is 13.3. The van der Waals surface area contributed by atoms with Gasteiger partial charge in [-0.25, -0.2) is 0 Å². The lowest BCUT2D eigenvalue weighted by Crippen LogP contribution is -2.56. The minimum absolute atomic E-state index is 0.129. The lowest BCUT2D eigenvalue weighted by Gasteiger charge is -2.45. The number of carbonyl (C=O) groups excluding carboxylic acids is 2. The van der Waals surface area contributed by atoms with Gasteiger partial charge in [-0.05, 0) is 41.8 Å². The Hall–Kier alpha value is -2.12. The molecule has 1 fully saturated rings. The summed E-state index contributed by atoms with van der Waals surface area (Å²) in [7, 11) is 0. The molecule has 6 nitrogen and oxygen atoms in total. The first-order valence-corrected chi connectivity index (χ1v) is 11.0. The van der Waals surface area contributed by atoms with Crippen molar-refractivity contribution in [2.75, 3.05) is 19.8 Å². The summed E-state index contributed by atoms with van der Waals surface area (Å²) in [6.45, 7) is 1.79. The third kappa shape index (κ3) is 5.57. The van der Waals surface area contributed by atoms with E-state index in [2.05, 4.69) is 5.32 Å². The molecule has 0 spiro atoms. The number of nitrogens with one attached hydrogen (secondary N) is 1. The van der Waals surface area contributed by atoms with Crippen LogP contribution in [0.3, 0.4) is 0 Å². The fraction of sp³-hybridized carbons (Fsp3) is 0.391. The van der Waals surface area contributed by atoms with Gasteiger partial charge in [-0.15, -0.1) is 0 Å². The Labute approximate surface area is 192 Å². The van der Waals surface area contributed by atoms with Gasteiger partial charge in [0.15, 0.2) is 0 Å². The minimum Gasteiger partial charge on any atom is -0.395 e. The monoisotopic (exact) mass is 464 g/mol.